The minimum Gasteiger partial charge on any atom is -0.394 e. The summed E-state index contributed by atoms with van der Waals surface area (Å²) >= 11 is 1.69. The summed E-state index contributed by atoms with van der Waals surface area (Å²) in [7, 11) is 0. The smallest absolute Gasteiger partial charge is 0.252 e. The van der Waals surface area contributed by atoms with E-state index in [1.165, 1.54) is 23.3 Å². The summed E-state index contributed by atoms with van der Waals surface area (Å²) in [6, 6.07) is -0.174. The van der Waals surface area contributed by atoms with Gasteiger partial charge in [-0.15, -0.1) is 11.3 Å². The van der Waals surface area contributed by atoms with Crippen LogP contribution in [0.15, 0.2) is 5.38 Å². The Labute approximate surface area is 99.5 Å². The normalized spacial score (nSPS) is 16.6. The second kappa shape index (κ2) is 4.97. The van der Waals surface area contributed by atoms with Crippen LogP contribution in [0.25, 0.3) is 0 Å². The molecule has 0 radical (unpaired) electrons. The lowest BCUT2D eigenvalue weighted by Gasteiger charge is -2.14. The first-order valence-corrected chi connectivity index (χ1v) is 6.61. The number of thiophene rings is 1. The average molecular weight is 239 g/mol. The van der Waals surface area contributed by atoms with Crippen LogP contribution in [0.5, 0.6) is 0 Å². The summed E-state index contributed by atoms with van der Waals surface area (Å²) in [4.78, 5) is 13.3. The second-order valence-corrected chi connectivity index (χ2v) is 5.28. The number of aryl methyl sites for hydroxylation is 1. The van der Waals surface area contributed by atoms with Crippen LogP contribution in [0.2, 0.25) is 0 Å². The van der Waals surface area contributed by atoms with Crippen LogP contribution in [0, 0.1) is 0 Å². The number of rotatable bonds is 3. The van der Waals surface area contributed by atoms with Gasteiger partial charge < -0.3 is 10.4 Å². The third-order valence-electron chi connectivity index (χ3n) is 2.96. The van der Waals surface area contributed by atoms with E-state index in [-0.39, 0.29) is 18.6 Å². The van der Waals surface area contributed by atoms with Gasteiger partial charge in [-0.25, -0.2) is 0 Å². The van der Waals surface area contributed by atoms with Gasteiger partial charge in [0.1, 0.15) is 0 Å². The van der Waals surface area contributed by atoms with Crippen molar-refractivity contribution in [1.29, 1.82) is 0 Å². The maximum Gasteiger partial charge on any atom is 0.252 e. The molecule has 0 aromatic carbocycles. The molecule has 2 N–H and O–H groups in total. The molecule has 1 aliphatic carbocycles. The third kappa shape index (κ3) is 2.28. The summed E-state index contributed by atoms with van der Waals surface area (Å²) in [5.74, 6) is -0.0408. The lowest BCUT2D eigenvalue weighted by molar-refractivity contribution is 0.0921. The van der Waals surface area contributed by atoms with Gasteiger partial charge in [-0.05, 0) is 38.2 Å². The number of carbonyl (C=O) groups is 1. The molecule has 1 heterocycles. The van der Waals surface area contributed by atoms with Crippen LogP contribution in [0.3, 0.4) is 0 Å². The first-order valence-electron chi connectivity index (χ1n) is 5.73. The molecule has 1 atom stereocenters. The third-order valence-corrected chi connectivity index (χ3v) is 4.05. The molecule has 2 rings (SSSR count). The predicted octanol–water partition coefficient (Wildman–Crippen LogP) is 1.74. The Morgan fingerprint density at radius 2 is 2.31 bits per heavy atom. The Kier molecular flexibility index (Phi) is 3.61. The van der Waals surface area contributed by atoms with Crippen LogP contribution in [0.4, 0.5) is 0 Å². The van der Waals surface area contributed by atoms with Gasteiger partial charge >= 0.3 is 0 Å². The fourth-order valence-electron chi connectivity index (χ4n) is 2.03. The highest BCUT2D eigenvalue weighted by atomic mass is 32.1. The Morgan fingerprint density at radius 3 is 3.06 bits per heavy atom. The summed E-state index contributed by atoms with van der Waals surface area (Å²) in [5, 5.41) is 13.7. The lowest BCUT2D eigenvalue weighted by Crippen LogP contribution is -2.35. The lowest BCUT2D eigenvalue weighted by atomic mass is 9.95. The van der Waals surface area contributed by atoms with Crippen molar-refractivity contribution in [3.63, 3.8) is 0 Å². The molecule has 1 aromatic rings. The van der Waals surface area contributed by atoms with E-state index < -0.39 is 0 Å². The first kappa shape index (κ1) is 11.6. The number of nitrogens with one attached hydrogen (secondary N) is 1. The van der Waals surface area contributed by atoms with Crippen molar-refractivity contribution in [3.8, 4) is 0 Å². The van der Waals surface area contributed by atoms with Crippen molar-refractivity contribution in [1.82, 2.24) is 5.32 Å². The molecule has 0 fully saturated rings. The van der Waals surface area contributed by atoms with Gasteiger partial charge in [0.15, 0.2) is 0 Å². The number of hydrogen-bond donors (Lipinski definition) is 2. The van der Waals surface area contributed by atoms with Gasteiger partial charge in [0.25, 0.3) is 5.91 Å². The van der Waals surface area contributed by atoms with Crippen molar-refractivity contribution < 1.29 is 9.90 Å². The molecule has 16 heavy (non-hydrogen) atoms. The predicted molar refractivity (Wildman–Crippen MR) is 65.0 cm³/mol. The maximum atomic E-state index is 11.9. The van der Waals surface area contributed by atoms with Crippen molar-refractivity contribution in [2.45, 2.75) is 38.6 Å². The van der Waals surface area contributed by atoms with E-state index in [0.717, 1.165) is 18.4 Å². The number of hydrogen-bond acceptors (Lipinski definition) is 3. The van der Waals surface area contributed by atoms with Crippen LogP contribution >= 0.6 is 11.3 Å². The molecule has 0 saturated carbocycles. The molecule has 0 saturated heterocycles. The topological polar surface area (TPSA) is 49.3 Å². The van der Waals surface area contributed by atoms with Crippen LogP contribution < -0.4 is 5.32 Å². The number of fused-ring (bicyclic) bond motifs is 1. The summed E-state index contributed by atoms with van der Waals surface area (Å²) in [6.45, 7) is 1.79. The minimum atomic E-state index is -0.174. The Bertz CT molecular complexity index is 386. The summed E-state index contributed by atoms with van der Waals surface area (Å²) < 4.78 is 0. The van der Waals surface area contributed by atoms with Crippen molar-refractivity contribution in [2.24, 2.45) is 0 Å². The highest BCUT2D eigenvalue weighted by Crippen LogP contribution is 2.30. The van der Waals surface area contributed by atoms with Gasteiger partial charge in [-0.3, -0.25) is 4.79 Å². The van der Waals surface area contributed by atoms with E-state index in [2.05, 4.69) is 5.32 Å². The standard InChI is InChI=1S/C12H17NO2S/c1-8(6-14)13-12(15)10-7-16-11-5-3-2-4-9(10)11/h7-8,14H,2-6H2,1H3,(H,13,15)/t8-/m1/s1. The van der Waals surface area contributed by atoms with Crippen molar-refractivity contribution in [2.75, 3.05) is 6.61 Å². The molecular formula is C12H17NO2S. The zero-order valence-electron chi connectivity index (χ0n) is 9.45. The zero-order valence-corrected chi connectivity index (χ0v) is 10.3. The molecule has 0 unspecified atom stereocenters. The van der Waals surface area contributed by atoms with Gasteiger partial charge in [0.05, 0.1) is 12.2 Å². The van der Waals surface area contributed by atoms with Gasteiger partial charge in [-0.1, -0.05) is 0 Å². The van der Waals surface area contributed by atoms with E-state index in [4.69, 9.17) is 5.11 Å². The summed E-state index contributed by atoms with van der Waals surface area (Å²) in [6.07, 6.45) is 4.55. The molecule has 0 aliphatic heterocycles. The van der Waals surface area contributed by atoms with Crippen LogP contribution in [-0.4, -0.2) is 23.7 Å². The molecule has 1 aliphatic rings. The van der Waals surface area contributed by atoms with Crippen molar-refractivity contribution >= 4 is 17.2 Å². The monoisotopic (exact) mass is 239 g/mol. The highest BCUT2D eigenvalue weighted by Gasteiger charge is 2.20. The minimum absolute atomic E-state index is 0.0158. The fourth-order valence-corrected chi connectivity index (χ4v) is 3.16. The van der Waals surface area contributed by atoms with E-state index >= 15 is 0 Å². The first-order chi connectivity index (χ1) is 7.72. The Hall–Kier alpha value is -0.870. The Morgan fingerprint density at radius 1 is 1.56 bits per heavy atom. The van der Waals surface area contributed by atoms with Gasteiger partial charge in [-0.2, -0.15) is 0 Å². The molecule has 88 valence electrons. The zero-order chi connectivity index (χ0) is 11.5. The summed E-state index contributed by atoms with van der Waals surface area (Å²) in [5.41, 5.74) is 2.05. The molecule has 4 heteroatoms. The highest BCUT2D eigenvalue weighted by molar-refractivity contribution is 7.10. The van der Waals surface area contributed by atoms with E-state index in [9.17, 15) is 4.79 Å². The Balaban J connectivity index is 2.14. The van der Waals surface area contributed by atoms with Crippen LogP contribution in [0.1, 0.15) is 40.6 Å². The maximum absolute atomic E-state index is 11.9. The van der Waals surface area contributed by atoms with E-state index in [0.29, 0.717) is 0 Å². The van der Waals surface area contributed by atoms with E-state index in [1.54, 1.807) is 18.3 Å². The molecule has 0 spiro atoms. The fraction of sp³-hybridized carbons (Fsp3) is 0.583. The van der Waals surface area contributed by atoms with E-state index in [1.807, 2.05) is 5.38 Å². The molecule has 0 bridgehead atoms. The van der Waals surface area contributed by atoms with Gasteiger partial charge in [0.2, 0.25) is 0 Å². The number of amides is 1. The molecular weight excluding hydrogens is 222 g/mol. The average Bonchev–Trinajstić information content (AvgIpc) is 2.72. The SMILES string of the molecule is C[C@H](CO)NC(=O)c1csc2c1CCCC2. The quantitative estimate of drug-likeness (QED) is 0.844. The second-order valence-electron chi connectivity index (χ2n) is 4.32. The van der Waals surface area contributed by atoms with Crippen molar-refractivity contribution in [3.05, 3.63) is 21.4 Å². The number of carbonyl (C=O) groups excluding carboxylic acids is 1. The largest absolute Gasteiger partial charge is 0.394 e. The molecule has 1 aromatic heterocycles. The van der Waals surface area contributed by atoms with Crippen LogP contribution in [-0.2, 0) is 12.8 Å². The molecule has 1 amide bonds. The molecule has 3 nitrogen and oxygen atoms in total. The number of aliphatic hydroxyl groups is 1. The van der Waals surface area contributed by atoms with Gasteiger partial charge in [0, 0.05) is 16.3 Å². The number of aliphatic hydroxyl groups excluding tert-OH is 1.